The fourth-order valence-corrected chi connectivity index (χ4v) is 12.1. The molecule has 0 aliphatic heterocycles. The number of phosphoric ester groups is 2. The van der Waals surface area contributed by atoms with E-state index in [1.165, 1.54) is 96.3 Å². The van der Waals surface area contributed by atoms with Gasteiger partial charge >= 0.3 is 39.5 Å². The van der Waals surface area contributed by atoms with Crippen LogP contribution in [0.4, 0.5) is 0 Å². The summed E-state index contributed by atoms with van der Waals surface area (Å²) >= 11 is 0. The molecule has 0 saturated heterocycles. The van der Waals surface area contributed by atoms with Crippen LogP contribution >= 0.6 is 15.6 Å². The first-order valence-electron chi connectivity index (χ1n) is 41.7. The molecule has 5 atom stereocenters. The predicted molar refractivity (Wildman–Crippen MR) is 445 cm³/mol. The third-order valence-electron chi connectivity index (χ3n) is 17.0. The zero-order valence-electron chi connectivity index (χ0n) is 67.5. The monoisotopic (exact) mass is 1550 g/mol. The molecule has 0 aliphatic carbocycles. The van der Waals surface area contributed by atoms with E-state index in [1.807, 2.05) is 36.5 Å². The number of esters is 4. The van der Waals surface area contributed by atoms with Gasteiger partial charge in [0.25, 0.3) is 0 Å². The van der Waals surface area contributed by atoms with Gasteiger partial charge in [-0.15, -0.1) is 0 Å². The molecule has 2 unspecified atom stereocenters. The van der Waals surface area contributed by atoms with Crippen molar-refractivity contribution in [1.82, 2.24) is 0 Å². The van der Waals surface area contributed by atoms with E-state index in [1.54, 1.807) is 0 Å². The maximum Gasteiger partial charge on any atom is 0.472 e. The Kier molecular flexibility index (Phi) is 75.8. The third kappa shape index (κ3) is 78.8. The highest BCUT2D eigenvalue weighted by Gasteiger charge is 2.30. The van der Waals surface area contributed by atoms with Crippen LogP contribution in [0.1, 0.15) is 323 Å². The van der Waals surface area contributed by atoms with Crippen LogP contribution in [-0.2, 0) is 65.4 Å². The van der Waals surface area contributed by atoms with Crippen molar-refractivity contribution in [2.24, 2.45) is 0 Å². The second-order valence-corrected chi connectivity index (χ2v) is 30.3. The normalized spacial score (nSPS) is 14.6. The molecule has 0 aliphatic rings. The SMILES string of the molecule is CCCCC/C=C\C/C=C\C/C=C\C/C=C\C/C=C\CCC(=O)OC[C@H](COP(=O)(O)OC[C@@H](O)COP(=O)(O)OC[C@@H](COC(=O)CCCCCCC/C=C\CCCCCCCC)OC(=O)CC/C=C\C/C=C\C/C=C\C/C=C\C/C=C\CCCCC)OC(=O)CCCCCCC/C=C\C/C=C\CCCCC. The molecule has 0 amide bonds. The molecule has 0 spiro atoms. The lowest BCUT2D eigenvalue weighted by Crippen LogP contribution is -2.30. The Morgan fingerprint density at radius 3 is 0.796 bits per heavy atom. The molecular formula is C89H148O17P2. The predicted octanol–water partition coefficient (Wildman–Crippen LogP) is 24.8. The van der Waals surface area contributed by atoms with Gasteiger partial charge in [0, 0.05) is 25.7 Å². The Balaban J connectivity index is 5.53. The molecule has 19 heteroatoms. The van der Waals surface area contributed by atoms with Crippen LogP contribution in [0.15, 0.2) is 158 Å². The van der Waals surface area contributed by atoms with Crippen molar-refractivity contribution in [2.45, 2.75) is 341 Å². The second kappa shape index (κ2) is 79.8. The number of aliphatic hydroxyl groups is 1. The zero-order valence-corrected chi connectivity index (χ0v) is 69.3. The van der Waals surface area contributed by atoms with E-state index in [9.17, 15) is 43.2 Å². The van der Waals surface area contributed by atoms with E-state index in [0.717, 1.165) is 135 Å². The first kappa shape index (κ1) is 103. The van der Waals surface area contributed by atoms with Gasteiger partial charge in [-0.05, 0) is 161 Å². The molecule has 0 radical (unpaired) electrons. The fourth-order valence-electron chi connectivity index (χ4n) is 10.6. The first-order chi connectivity index (χ1) is 52.7. The van der Waals surface area contributed by atoms with Crippen LogP contribution in [0.25, 0.3) is 0 Å². The average molecular weight is 1550 g/mol. The number of allylic oxidation sites excluding steroid dienone is 26. The number of unbranched alkanes of at least 4 members (excludes halogenated alkanes) is 25. The summed E-state index contributed by atoms with van der Waals surface area (Å²) in [5, 5.41) is 10.7. The van der Waals surface area contributed by atoms with Crippen LogP contribution < -0.4 is 0 Å². The Morgan fingerprint density at radius 1 is 0.259 bits per heavy atom. The summed E-state index contributed by atoms with van der Waals surface area (Å²) in [7, 11) is -10.0. The van der Waals surface area contributed by atoms with Crippen molar-refractivity contribution in [3.8, 4) is 0 Å². The van der Waals surface area contributed by atoms with E-state index in [-0.39, 0.29) is 25.7 Å². The van der Waals surface area contributed by atoms with E-state index in [0.29, 0.717) is 38.5 Å². The minimum atomic E-state index is -5.01. The van der Waals surface area contributed by atoms with Crippen LogP contribution in [0.2, 0.25) is 0 Å². The van der Waals surface area contributed by atoms with Gasteiger partial charge in [-0.25, -0.2) is 9.13 Å². The highest BCUT2D eigenvalue weighted by molar-refractivity contribution is 7.47. The number of aliphatic hydroxyl groups excluding tert-OH is 1. The summed E-state index contributed by atoms with van der Waals surface area (Å²) < 4.78 is 68.5. The smallest absolute Gasteiger partial charge is 0.462 e. The second-order valence-electron chi connectivity index (χ2n) is 27.3. The molecular weight excluding hydrogens is 1400 g/mol. The molecule has 0 rings (SSSR count). The summed E-state index contributed by atoms with van der Waals surface area (Å²) in [5.74, 6) is -2.40. The lowest BCUT2D eigenvalue weighted by molar-refractivity contribution is -0.161. The molecule has 616 valence electrons. The van der Waals surface area contributed by atoms with E-state index < -0.39 is 97.5 Å². The summed E-state index contributed by atoms with van der Waals surface area (Å²) in [6.07, 6.45) is 93.8. The molecule has 3 N–H and O–H groups in total. The molecule has 0 aromatic rings. The Bertz CT molecular complexity index is 2660. The number of hydrogen-bond acceptors (Lipinski definition) is 15. The molecule has 0 saturated carbocycles. The molecule has 17 nitrogen and oxygen atoms in total. The molecule has 0 heterocycles. The molecule has 0 aromatic carbocycles. The number of carbonyl (C=O) groups excluding carboxylic acids is 4. The zero-order chi connectivity index (χ0) is 78.9. The third-order valence-corrected chi connectivity index (χ3v) is 18.9. The molecule has 0 fully saturated rings. The van der Waals surface area contributed by atoms with Crippen LogP contribution in [-0.4, -0.2) is 96.7 Å². The lowest BCUT2D eigenvalue weighted by Gasteiger charge is -2.21. The van der Waals surface area contributed by atoms with Crippen LogP contribution in [0.5, 0.6) is 0 Å². The minimum absolute atomic E-state index is 0.0286. The van der Waals surface area contributed by atoms with Crippen molar-refractivity contribution >= 4 is 39.5 Å². The van der Waals surface area contributed by atoms with Crippen molar-refractivity contribution in [1.29, 1.82) is 0 Å². The Hall–Kier alpha value is -5.32. The highest BCUT2D eigenvalue weighted by Crippen LogP contribution is 2.45. The highest BCUT2D eigenvalue weighted by atomic mass is 31.2. The number of rotatable bonds is 77. The lowest BCUT2D eigenvalue weighted by atomic mass is 10.1. The minimum Gasteiger partial charge on any atom is -0.462 e. The van der Waals surface area contributed by atoms with Gasteiger partial charge in [0.2, 0.25) is 0 Å². The van der Waals surface area contributed by atoms with Gasteiger partial charge < -0.3 is 33.8 Å². The summed E-state index contributed by atoms with van der Waals surface area (Å²) in [4.78, 5) is 73.1. The maximum atomic E-state index is 13.1. The standard InChI is InChI=1S/C89H148O17P2/c1-5-9-13-17-21-25-29-33-37-39-41-43-47-50-54-58-62-66-70-74-87(92)100-80-84(105-88(93)75-71-67-63-59-55-51-46-36-32-28-24-20-16-12-8-4)81-103-107(95,96)101-77-83(90)78-102-108(97,98)104-82-85(79-99-86(91)73-69-65-61-57-53-49-45-35-31-27-23-19-15-11-7-3)106-89(94)76-72-68-64-60-56-52-48-44-42-40-38-34-30-26-22-18-14-10-6-2/h21-22,24-26,28,33-38,41-46,50,52,54,56,62,64,66,68,83-85,90H,5-20,23,27,29-32,39-40,47-49,51,53,55,57-61,63,65,67,69-82H2,1-4H3,(H,95,96)(H,97,98)/b25-21-,26-22-,28-24-,37-33-,38-34-,43-41-,44-42-,45-35-,46-36-,54-50-,56-52-,66-62-,68-64-/t83-,84-,85-/m1/s1. The van der Waals surface area contributed by atoms with Crippen molar-refractivity contribution in [3.63, 3.8) is 0 Å². The maximum absolute atomic E-state index is 13.1. The summed E-state index contributed by atoms with van der Waals surface area (Å²) in [6.45, 7) is 4.60. The first-order valence-corrected chi connectivity index (χ1v) is 44.7. The average Bonchev–Trinajstić information content (AvgIpc) is 0.914. The van der Waals surface area contributed by atoms with Crippen molar-refractivity contribution in [2.75, 3.05) is 39.6 Å². The van der Waals surface area contributed by atoms with Gasteiger partial charge in [0.15, 0.2) is 12.2 Å². The molecule has 0 bridgehead atoms. The number of carbonyl (C=O) groups is 4. The summed E-state index contributed by atoms with van der Waals surface area (Å²) in [6, 6.07) is 0. The Morgan fingerprint density at radius 2 is 0.472 bits per heavy atom. The Labute approximate surface area is 655 Å². The topological polar surface area (TPSA) is 237 Å². The number of hydrogen-bond donors (Lipinski definition) is 3. The summed E-state index contributed by atoms with van der Waals surface area (Å²) in [5.41, 5.74) is 0. The van der Waals surface area contributed by atoms with E-state index >= 15 is 0 Å². The number of phosphoric acid groups is 2. The van der Waals surface area contributed by atoms with Gasteiger partial charge in [-0.1, -0.05) is 295 Å². The number of ether oxygens (including phenoxy) is 4. The van der Waals surface area contributed by atoms with Crippen molar-refractivity contribution in [3.05, 3.63) is 158 Å². The van der Waals surface area contributed by atoms with Crippen LogP contribution in [0.3, 0.4) is 0 Å². The van der Waals surface area contributed by atoms with Gasteiger partial charge in [0.05, 0.1) is 26.4 Å². The van der Waals surface area contributed by atoms with E-state index in [2.05, 4.69) is 149 Å². The van der Waals surface area contributed by atoms with Gasteiger partial charge in [-0.2, -0.15) is 0 Å². The van der Waals surface area contributed by atoms with E-state index in [4.69, 9.17) is 37.0 Å². The molecule has 0 aromatic heterocycles. The molecule has 108 heavy (non-hydrogen) atoms. The van der Waals surface area contributed by atoms with Gasteiger partial charge in [0.1, 0.15) is 19.3 Å². The quantitative estimate of drug-likeness (QED) is 0.0169. The van der Waals surface area contributed by atoms with Crippen LogP contribution in [0, 0.1) is 0 Å². The fraction of sp³-hybridized carbons (Fsp3) is 0.663. The van der Waals surface area contributed by atoms with Crippen molar-refractivity contribution < 1.29 is 80.2 Å². The largest absolute Gasteiger partial charge is 0.472 e. The van der Waals surface area contributed by atoms with Gasteiger partial charge in [-0.3, -0.25) is 37.3 Å².